The van der Waals surface area contributed by atoms with E-state index in [1.807, 2.05) is 20.8 Å². The molecule has 0 aromatic rings. The van der Waals surface area contributed by atoms with E-state index in [0.717, 1.165) is 0 Å². The molecule has 0 radical (unpaired) electrons. The third-order valence-electron chi connectivity index (χ3n) is 1.41. The average Bonchev–Trinajstić information content (AvgIpc) is 1.83. The van der Waals surface area contributed by atoms with E-state index in [-0.39, 0.29) is 10.8 Å². The van der Waals surface area contributed by atoms with Gasteiger partial charge < -0.3 is 5.11 Å². The molecule has 0 unspecified atom stereocenters. The Hall–Kier alpha value is -0.0100. The van der Waals surface area contributed by atoms with Gasteiger partial charge in [0.1, 0.15) is 0 Å². The lowest BCUT2D eigenvalue weighted by Gasteiger charge is -2.27. The zero-order valence-electron chi connectivity index (χ0n) is 6.76. The Labute approximate surface area is 67.7 Å². The Bertz CT molecular complexity index is 115. The SMILES string of the molecule is C=C[C@@H](Cl)[C@H](O)C(C)(C)C. The van der Waals surface area contributed by atoms with Crippen LogP contribution in [0.15, 0.2) is 12.7 Å². The maximum Gasteiger partial charge on any atom is 0.0787 e. The molecule has 0 heterocycles. The maximum atomic E-state index is 9.45. The van der Waals surface area contributed by atoms with Gasteiger partial charge >= 0.3 is 0 Å². The summed E-state index contributed by atoms with van der Waals surface area (Å²) in [4.78, 5) is 0. The summed E-state index contributed by atoms with van der Waals surface area (Å²) in [5, 5.41) is 9.10. The minimum atomic E-state index is -0.522. The molecule has 1 nitrogen and oxygen atoms in total. The van der Waals surface area contributed by atoms with Gasteiger partial charge in [0.2, 0.25) is 0 Å². The van der Waals surface area contributed by atoms with Crippen molar-refractivity contribution in [3.8, 4) is 0 Å². The third kappa shape index (κ3) is 2.72. The number of halogens is 1. The second kappa shape index (κ2) is 3.40. The van der Waals surface area contributed by atoms with Crippen LogP contribution in [0, 0.1) is 5.41 Å². The van der Waals surface area contributed by atoms with Gasteiger partial charge in [-0.15, -0.1) is 18.2 Å². The molecule has 0 amide bonds. The highest BCUT2D eigenvalue weighted by Crippen LogP contribution is 2.24. The van der Waals surface area contributed by atoms with Crippen LogP contribution in [0.2, 0.25) is 0 Å². The summed E-state index contributed by atoms with van der Waals surface area (Å²) in [5.41, 5.74) is -0.166. The maximum absolute atomic E-state index is 9.45. The van der Waals surface area contributed by atoms with Crippen LogP contribution in [0.1, 0.15) is 20.8 Å². The van der Waals surface area contributed by atoms with Crippen LogP contribution in [0.3, 0.4) is 0 Å². The lowest BCUT2D eigenvalue weighted by Crippen LogP contribution is -2.33. The molecule has 0 rings (SSSR count). The van der Waals surface area contributed by atoms with Crippen molar-refractivity contribution >= 4 is 11.6 Å². The number of hydrogen-bond donors (Lipinski definition) is 1. The van der Waals surface area contributed by atoms with Crippen molar-refractivity contribution in [1.82, 2.24) is 0 Å². The number of alkyl halides is 1. The van der Waals surface area contributed by atoms with Gasteiger partial charge in [0.05, 0.1) is 11.5 Å². The molecule has 0 spiro atoms. The molecule has 0 bridgehead atoms. The highest BCUT2D eigenvalue weighted by Gasteiger charge is 2.26. The molecule has 0 aromatic heterocycles. The minimum Gasteiger partial charge on any atom is -0.391 e. The zero-order valence-corrected chi connectivity index (χ0v) is 7.52. The molecule has 0 aliphatic rings. The molecular weight excluding hydrogens is 148 g/mol. The van der Waals surface area contributed by atoms with Gasteiger partial charge in [0, 0.05) is 0 Å². The van der Waals surface area contributed by atoms with Crippen LogP contribution < -0.4 is 0 Å². The predicted octanol–water partition coefficient (Wildman–Crippen LogP) is 2.19. The molecule has 10 heavy (non-hydrogen) atoms. The summed E-state index contributed by atoms with van der Waals surface area (Å²) in [6.07, 6.45) is 1.03. The van der Waals surface area contributed by atoms with E-state index >= 15 is 0 Å². The van der Waals surface area contributed by atoms with Gasteiger partial charge in [-0.1, -0.05) is 26.8 Å². The molecule has 0 aliphatic carbocycles. The number of aliphatic hydroxyl groups excluding tert-OH is 1. The van der Waals surface area contributed by atoms with Crippen LogP contribution in [0.4, 0.5) is 0 Å². The van der Waals surface area contributed by atoms with Crippen molar-refractivity contribution in [1.29, 1.82) is 0 Å². The minimum absolute atomic E-state index is 0.166. The molecule has 2 atom stereocenters. The highest BCUT2D eigenvalue weighted by atomic mass is 35.5. The first-order valence-corrected chi connectivity index (χ1v) is 3.78. The number of rotatable bonds is 2. The quantitative estimate of drug-likeness (QED) is 0.488. The molecule has 1 N–H and O–H groups in total. The van der Waals surface area contributed by atoms with E-state index in [1.54, 1.807) is 6.08 Å². The average molecular weight is 163 g/mol. The molecule has 60 valence electrons. The Balaban J connectivity index is 4.07. The number of hydrogen-bond acceptors (Lipinski definition) is 1. The van der Waals surface area contributed by atoms with Crippen molar-refractivity contribution < 1.29 is 5.11 Å². The predicted molar refractivity (Wildman–Crippen MR) is 45.3 cm³/mol. The van der Waals surface area contributed by atoms with E-state index in [4.69, 9.17) is 11.6 Å². The second-order valence-electron chi connectivity index (χ2n) is 3.49. The molecule has 0 saturated heterocycles. The first-order valence-electron chi connectivity index (χ1n) is 3.34. The Morgan fingerprint density at radius 2 is 1.90 bits per heavy atom. The van der Waals surface area contributed by atoms with Gasteiger partial charge in [-0.25, -0.2) is 0 Å². The fourth-order valence-corrected chi connectivity index (χ4v) is 0.985. The highest BCUT2D eigenvalue weighted by molar-refractivity contribution is 6.22. The van der Waals surface area contributed by atoms with E-state index in [9.17, 15) is 5.11 Å². The summed E-state index contributed by atoms with van der Waals surface area (Å²) in [6.45, 7) is 9.33. The summed E-state index contributed by atoms with van der Waals surface area (Å²) >= 11 is 5.73. The van der Waals surface area contributed by atoms with Crippen molar-refractivity contribution in [2.75, 3.05) is 0 Å². The summed E-state index contributed by atoms with van der Waals surface area (Å²) in [7, 11) is 0. The van der Waals surface area contributed by atoms with Crippen molar-refractivity contribution in [3.63, 3.8) is 0 Å². The fraction of sp³-hybridized carbons (Fsp3) is 0.750. The lowest BCUT2D eigenvalue weighted by molar-refractivity contribution is 0.0688. The molecule has 0 fully saturated rings. The summed E-state index contributed by atoms with van der Waals surface area (Å²) < 4.78 is 0. The van der Waals surface area contributed by atoms with Gasteiger partial charge in [0.25, 0.3) is 0 Å². The van der Waals surface area contributed by atoms with Gasteiger partial charge in [-0.2, -0.15) is 0 Å². The normalized spacial score (nSPS) is 18.1. The topological polar surface area (TPSA) is 20.2 Å². The van der Waals surface area contributed by atoms with Gasteiger partial charge in [-0.05, 0) is 5.41 Å². The van der Waals surface area contributed by atoms with Crippen LogP contribution in [-0.2, 0) is 0 Å². The van der Waals surface area contributed by atoms with Crippen LogP contribution in [0.5, 0.6) is 0 Å². The smallest absolute Gasteiger partial charge is 0.0787 e. The molecule has 0 saturated carbocycles. The van der Waals surface area contributed by atoms with E-state index in [0.29, 0.717) is 0 Å². The monoisotopic (exact) mass is 162 g/mol. The van der Waals surface area contributed by atoms with E-state index < -0.39 is 6.10 Å². The third-order valence-corrected chi connectivity index (χ3v) is 1.83. The van der Waals surface area contributed by atoms with Crippen LogP contribution in [-0.4, -0.2) is 16.6 Å². The molecular formula is C8H15ClO. The molecule has 0 aromatic carbocycles. The fourth-order valence-electron chi connectivity index (χ4n) is 0.607. The zero-order chi connectivity index (χ0) is 8.36. The Morgan fingerprint density at radius 1 is 1.50 bits per heavy atom. The van der Waals surface area contributed by atoms with Gasteiger partial charge in [0.15, 0.2) is 0 Å². The first-order chi connectivity index (χ1) is 4.39. The lowest BCUT2D eigenvalue weighted by atomic mass is 9.87. The van der Waals surface area contributed by atoms with Crippen LogP contribution in [0.25, 0.3) is 0 Å². The van der Waals surface area contributed by atoms with Crippen molar-refractivity contribution in [3.05, 3.63) is 12.7 Å². The largest absolute Gasteiger partial charge is 0.391 e. The van der Waals surface area contributed by atoms with Crippen molar-refractivity contribution in [2.45, 2.75) is 32.3 Å². The first kappa shape index (κ1) is 9.99. The second-order valence-corrected chi connectivity index (χ2v) is 3.99. The molecule has 2 heteroatoms. The standard InChI is InChI=1S/C8H15ClO/c1-5-6(9)7(10)8(2,3)4/h5-7,10H,1H2,2-4H3/t6-,7+/m1/s1. The Kier molecular flexibility index (Phi) is 3.40. The summed E-state index contributed by atoms with van der Waals surface area (Å²) in [5.74, 6) is 0. The van der Waals surface area contributed by atoms with Crippen molar-refractivity contribution in [2.24, 2.45) is 5.41 Å². The summed E-state index contributed by atoms with van der Waals surface area (Å²) in [6, 6.07) is 0. The van der Waals surface area contributed by atoms with E-state index in [2.05, 4.69) is 6.58 Å². The van der Waals surface area contributed by atoms with Gasteiger partial charge in [-0.3, -0.25) is 0 Å². The van der Waals surface area contributed by atoms with Crippen LogP contribution >= 0.6 is 11.6 Å². The van der Waals surface area contributed by atoms with E-state index in [1.165, 1.54) is 0 Å². The Morgan fingerprint density at radius 3 is 2.00 bits per heavy atom. The molecule has 0 aliphatic heterocycles. The number of aliphatic hydroxyl groups is 1.